The van der Waals surface area contributed by atoms with E-state index in [1.807, 2.05) is 24.3 Å². The van der Waals surface area contributed by atoms with Crippen molar-refractivity contribution in [2.24, 2.45) is 5.73 Å². The summed E-state index contributed by atoms with van der Waals surface area (Å²) in [5, 5.41) is 12.9. The highest BCUT2D eigenvalue weighted by molar-refractivity contribution is 6.09. The number of nitrogens with zero attached hydrogens (tertiary/aromatic N) is 3. The minimum absolute atomic E-state index is 0.0533. The van der Waals surface area contributed by atoms with Gasteiger partial charge in [-0.1, -0.05) is 12.1 Å². The molecular weight excluding hydrogens is 380 g/mol. The largest absolute Gasteiger partial charge is 0.397 e. The van der Waals surface area contributed by atoms with Crippen molar-refractivity contribution in [3.8, 4) is 0 Å². The van der Waals surface area contributed by atoms with E-state index in [0.717, 1.165) is 42.6 Å². The molecule has 1 unspecified atom stereocenters. The summed E-state index contributed by atoms with van der Waals surface area (Å²) in [5.74, 6) is -0.391. The molecule has 1 aliphatic rings. The third-order valence-corrected chi connectivity index (χ3v) is 5.37. The molecule has 0 radical (unpaired) electrons. The van der Waals surface area contributed by atoms with Crippen LogP contribution in [0.4, 0.5) is 17.1 Å². The Morgan fingerprint density at radius 2 is 2.17 bits per heavy atom. The number of carbonyl (C=O) groups excluding carboxylic acids is 1. The van der Waals surface area contributed by atoms with Crippen LogP contribution < -0.4 is 21.7 Å². The minimum Gasteiger partial charge on any atom is -0.397 e. The summed E-state index contributed by atoms with van der Waals surface area (Å²) in [4.78, 5) is 23.9. The fraction of sp³-hybridized carbons (Fsp3) is 0.318. The molecule has 8 nitrogen and oxygen atoms in total. The molecule has 8 heteroatoms. The lowest BCUT2D eigenvalue weighted by Crippen LogP contribution is -2.43. The first-order valence-electron chi connectivity index (χ1n) is 10.1. The van der Waals surface area contributed by atoms with Crippen LogP contribution in [-0.2, 0) is 6.42 Å². The Kier molecular flexibility index (Phi) is 5.78. The van der Waals surface area contributed by atoms with Crippen molar-refractivity contribution < 1.29 is 9.90 Å². The molecule has 2 aromatic heterocycles. The first kappa shape index (κ1) is 20.1. The van der Waals surface area contributed by atoms with Crippen LogP contribution in [-0.4, -0.2) is 46.7 Å². The van der Waals surface area contributed by atoms with Crippen molar-refractivity contribution in [2.75, 3.05) is 35.6 Å². The molecule has 30 heavy (non-hydrogen) atoms. The van der Waals surface area contributed by atoms with Crippen LogP contribution in [0, 0.1) is 0 Å². The van der Waals surface area contributed by atoms with Crippen LogP contribution in [0.5, 0.6) is 0 Å². The number of aliphatic hydroxyl groups excluding tert-OH is 1. The molecule has 0 aliphatic carbocycles. The molecule has 0 spiro atoms. The Morgan fingerprint density at radius 3 is 2.97 bits per heavy atom. The standard InChI is InChI=1S/C22H26N6O2/c23-16-2-1-8-28(13-16)20-5-7-25-12-19(20)27-22(30)21-17(24)11-15-4-3-14(6-9-29)10-18(15)26-21/h3-5,7,10-12,16,29H,1-2,6,8-9,13,23-24H2,(H,27,30). The SMILES string of the molecule is Nc1cc2ccc(CCO)cc2nc1C(=O)Nc1cnccc1N1CCCC(N)C1. The van der Waals surface area contributed by atoms with Crippen molar-refractivity contribution in [1.82, 2.24) is 9.97 Å². The molecule has 1 saturated heterocycles. The number of nitrogen functional groups attached to an aromatic ring is 1. The van der Waals surface area contributed by atoms with Gasteiger partial charge in [0.1, 0.15) is 0 Å². The first-order valence-corrected chi connectivity index (χ1v) is 10.1. The molecule has 1 amide bonds. The lowest BCUT2D eigenvalue weighted by molar-refractivity contribution is 0.102. The van der Waals surface area contributed by atoms with Gasteiger partial charge in [-0.05, 0) is 43.0 Å². The molecule has 3 aromatic rings. The van der Waals surface area contributed by atoms with Gasteiger partial charge < -0.3 is 26.8 Å². The van der Waals surface area contributed by atoms with E-state index in [1.54, 1.807) is 18.5 Å². The summed E-state index contributed by atoms with van der Waals surface area (Å²) in [6.45, 7) is 1.67. The number of nitrogens with two attached hydrogens (primary N) is 2. The highest BCUT2D eigenvalue weighted by Gasteiger charge is 2.21. The zero-order valence-electron chi connectivity index (χ0n) is 16.7. The van der Waals surface area contributed by atoms with Crippen molar-refractivity contribution >= 4 is 33.9 Å². The van der Waals surface area contributed by atoms with E-state index in [4.69, 9.17) is 11.5 Å². The second-order valence-corrected chi connectivity index (χ2v) is 7.62. The van der Waals surface area contributed by atoms with Crippen molar-refractivity contribution in [2.45, 2.75) is 25.3 Å². The van der Waals surface area contributed by atoms with Gasteiger partial charge in [0.2, 0.25) is 0 Å². The van der Waals surface area contributed by atoms with E-state index < -0.39 is 5.91 Å². The van der Waals surface area contributed by atoms with Gasteiger partial charge in [0.15, 0.2) is 5.69 Å². The normalized spacial score (nSPS) is 16.6. The van der Waals surface area contributed by atoms with Crippen LogP contribution in [0.3, 0.4) is 0 Å². The number of hydrogen-bond acceptors (Lipinski definition) is 7. The topological polar surface area (TPSA) is 130 Å². The van der Waals surface area contributed by atoms with Gasteiger partial charge in [0.25, 0.3) is 5.91 Å². The first-order chi connectivity index (χ1) is 14.5. The van der Waals surface area contributed by atoms with Crippen molar-refractivity contribution in [3.63, 3.8) is 0 Å². The highest BCUT2D eigenvalue weighted by Crippen LogP contribution is 2.28. The highest BCUT2D eigenvalue weighted by atomic mass is 16.3. The van der Waals surface area contributed by atoms with E-state index in [1.165, 1.54) is 0 Å². The molecule has 3 heterocycles. The van der Waals surface area contributed by atoms with Crippen LogP contribution in [0.2, 0.25) is 0 Å². The lowest BCUT2D eigenvalue weighted by Gasteiger charge is -2.33. The van der Waals surface area contributed by atoms with Crippen LogP contribution in [0.25, 0.3) is 10.9 Å². The summed E-state index contributed by atoms with van der Waals surface area (Å²) < 4.78 is 0. The number of pyridine rings is 2. The maximum atomic E-state index is 13.0. The Morgan fingerprint density at radius 1 is 1.30 bits per heavy atom. The smallest absolute Gasteiger partial charge is 0.276 e. The predicted octanol–water partition coefficient (Wildman–Crippen LogP) is 1.93. The average Bonchev–Trinajstić information content (AvgIpc) is 2.74. The van der Waals surface area contributed by atoms with E-state index in [0.29, 0.717) is 23.3 Å². The molecular formula is C22H26N6O2. The number of nitrogens with one attached hydrogen (secondary N) is 1. The zero-order valence-corrected chi connectivity index (χ0v) is 16.7. The number of rotatable bonds is 5. The van der Waals surface area contributed by atoms with Gasteiger partial charge in [-0.15, -0.1) is 0 Å². The monoisotopic (exact) mass is 406 g/mol. The molecule has 1 aromatic carbocycles. The Balaban J connectivity index is 1.62. The van der Waals surface area contributed by atoms with Gasteiger partial charge in [-0.2, -0.15) is 0 Å². The third-order valence-electron chi connectivity index (χ3n) is 5.37. The summed E-state index contributed by atoms with van der Waals surface area (Å²) in [7, 11) is 0. The minimum atomic E-state index is -0.391. The number of fused-ring (bicyclic) bond motifs is 1. The number of carbonyl (C=O) groups is 1. The van der Waals surface area contributed by atoms with Crippen molar-refractivity contribution in [3.05, 3.63) is 54.0 Å². The van der Waals surface area contributed by atoms with Crippen LogP contribution >= 0.6 is 0 Å². The van der Waals surface area contributed by atoms with Gasteiger partial charge in [-0.3, -0.25) is 9.78 Å². The molecule has 156 valence electrons. The second kappa shape index (κ2) is 8.64. The predicted molar refractivity (Wildman–Crippen MR) is 119 cm³/mol. The van der Waals surface area contributed by atoms with Crippen LogP contribution in [0.1, 0.15) is 28.9 Å². The molecule has 1 fully saturated rings. The molecule has 4 rings (SSSR count). The molecule has 1 aliphatic heterocycles. The Hall–Kier alpha value is -3.23. The maximum absolute atomic E-state index is 13.0. The molecule has 6 N–H and O–H groups in total. The number of hydrogen-bond donors (Lipinski definition) is 4. The van der Waals surface area contributed by atoms with Gasteiger partial charge in [0.05, 0.1) is 28.8 Å². The number of amides is 1. The van der Waals surface area contributed by atoms with Gasteiger partial charge >= 0.3 is 0 Å². The fourth-order valence-corrected chi connectivity index (χ4v) is 3.86. The Bertz CT molecular complexity index is 1070. The van der Waals surface area contributed by atoms with Gasteiger partial charge in [0, 0.05) is 37.3 Å². The number of aromatic nitrogens is 2. The number of aliphatic hydroxyl groups is 1. The zero-order chi connectivity index (χ0) is 21.1. The summed E-state index contributed by atoms with van der Waals surface area (Å²) in [6, 6.07) is 9.42. The number of benzene rings is 1. The van der Waals surface area contributed by atoms with Gasteiger partial charge in [-0.25, -0.2) is 4.98 Å². The maximum Gasteiger partial charge on any atom is 0.276 e. The van der Waals surface area contributed by atoms with E-state index in [9.17, 15) is 9.90 Å². The number of anilines is 3. The summed E-state index contributed by atoms with van der Waals surface area (Å²) >= 11 is 0. The molecule has 0 bridgehead atoms. The van der Waals surface area contributed by atoms with E-state index in [2.05, 4.69) is 20.2 Å². The van der Waals surface area contributed by atoms with Crippen molar-refractivity contribution in [1.29, 1.82) is 0 Å². The average molecular weight is 406 g/mol. The number of piperidine rings is 1. The third kappa shape index (κ3) is 4.19. The summed E-state index contributed by atoms with van der Waals surface area (Å²) in [5.41, 5.74) is 15.8. The van der Waals surface area contributed by atoms with E-state index in [-0.39, 0.29) is 18.3 Å². The quantitative estimate of drug-likeness (QED) is 0.509. The van der Waals surface area contributed by atoms with E-state index >= 15 is 0 Å². The second-order valence-electron chi connectivity index (χ2n) is 7.62. The lowest BCUT2D eigenvalue weighted by atomic mass is 10.1. The summed E-state index contributed by atoms with van der Waals surface area (Å²) in [6.07, 6.45) is 5.87. The Labute approximate surface area is 174 Å². The van der Waals surface area contributed by atoms with Crippen LogP contribution in [0.15, 0.2) is 42.7 Å². The fourth-order valence-electron chi connectivity index (χ4n) is 3.86. The molecule has 0 saturated carbocycles. The molecule has 1 atom stereocenters.